The molecule has 0 aliphatic heterocycles. The van der Waals surface area contributed by atoms with E-state index in [2.05, 4.69) is 17.6 Å². The zero-order chi connectivity index (χ0) is 18.1. The van der Waals surface area contributed by atoms with Gasteiger partial charge in [0.05, 0.1) is 19.8 Å². The maximum Gasteiger partial charge on any atom is 0.319 e. The Morgan fingerprint density at radius 1 is 1.12 bits per heavy atom. The molecule has 0 fully saturated rings. The van der Waals surface area contributed by atoms with E-state index in [-0.39, 0.29) is 12.1 Å². The minimum absolute atomic E-state index is 0.0907. The molecule has 1 atom stereocenters. The number of rotatable bonds is 8. The first kappa shape index (κ1) is 18.6. The number of hydrogen-bond donors (Lipinski definition) is 2. The van der Waals surface area contributed by atoms with Crippen LogP contribution in [-0.2, 0) is 0 Å². The number of nitrogens with one attached hydrogen (secondary N) is 2. The SMILES string of the molecule is CCCCOc1cc(NC(=O)NC(C)c2ccccc2)cc(OC)c1. The van der Waals surface area contributed by atoms with E-state index < -0.39 is 0 Å². The van der Waals surface area contributed by atoms with Crippen LogP contribution >= 0.6 is 0 Å². The van der Waals surface area contributed by atoms with Crippen molar-refractivity contribution in [1.82, 2.24) is 5.32 Å². The third-order valence-electron chi connectivity index (χ3n) is 3.79. The van der Waals surface area contributed by atoms with Gasteiger partial charge in [-0.25, -0.2) is 4.79 Å². The Balaban J connectivity index is 2.00. The Labute approximate surface area is 149 Å². The van der Waals surface area contributed by atoms with E-state index >= 15 is 0 Å². The fraction of sp³-hybridized carbons (Fsp3) is 0.350. The molecule has 0 aliphatic carbocycles. The number of unbranched alkanes of at least 4 members (excludes halogenated alkanes) is 1. The van der Waals surface area contributed by atoms with E-state index in [4.69, 9.17) is 9.47 Å². The maximum absolute atomic E-state index is 12.3. The van der Waals surface area contributed by atoms with Crippen molar-refractivity contribution < 1.29 is 14.3 Å². The van der Waals surface area contributed by atoms with Crippen LogP contribution in [0.3, 0.4) is 0 Å². The van der Waals surface area contributed by atoms with Crippen molar-refractivity contribution in [2.75, 3.05) is 19.0 Å². The standard InChI is InChI=1S/C20H26N2O3/c1-4-5-11-25-19-13-17(12-18(14-19)24-3)22-20(23)21-15(2)16-9-7-6-8-10-16/h6-10,12-15H,4-5,11H2,1-3H3,(H2,21,22,23). The maximum atomic E-state index is 12.3. The van der Waals surface area contributed by atoms with Crippen LogP contribution in [0.5, 0.6) is 11.5 Å². The smallest absolute Gasteiger partial charge is 0.319 e. The van der Waals surface area contributed by atoms with E-state index in [9.17, 15) is 4.79 Å². The molecule has 0 aromatic heterocycles. The van der Waals surface area contributed by atoms with Crippen LogP contribution in [0.15, 0.2) is 48.5 Å². The number of ether oxygens (including phenoxy) is 2. The van der Waals surface area contributed by atoms with Crippen LogP contribution in [-0.4, -0.2) is 19.7 Å². The Morgan fingerprint density at radius 2 is 1.84 bits per heavy atom. The first-order valence-corrected chi connectivity index (χ1v) is 8.56. The number of amides is 2. The summed E-state index contributed by atoms with van der Waals surface area (Å²) in [5.74, 6) is 1.32. The number of carbonyl (C=O) groups is 1. The second kappa shape index (κ2) is 9.57. The molecule has 134 valence electrons. The summed E-state index contributed by atoms with van der Waals surface area (Å²) >= 11 is 0. The Bertz CT molecular complexity index is 674. The van der Waals surface area contributed by atoms with Crippen molar-refractivity contribution >= 4 is 11.7 Å². The quantitative estimate of drug-likeness (QED) is 0.680. The monoisotopic (exact) mass is 342 g/mol. The number of methoxy groups -OCH3 is 1. The summed E-state index contributed by atoms with van der Waals surface area (Å²) in [7, 11) is 1.59. The van der Waals surface area contributed by atoms with Crippen molar-refractivity contribution in [3.63, 3.8) is 0 Å². The highest BCUT2D eigenvalue weighted by molar-refractivity contribution is 5.90. The summed E-state index contributed by atoms with van der Waals surface area (Å²) in [6.45, 7) is 4.69. The number of urea groups is 1. The van der Waals surface area contributed by atoms with Gasteiger partial charge in [-0.05, 0) is 18.9 Å². The van der Waals surface area contributed by atoms with E-state index in [1.54, 1.807) is 19.2 Å². The van der Waals surface area contributed by atoms with Crippen LogP contribution in [0.2, 0.25) is 0 Å². The molecule has 1 unspecified atom stereocenters. The molecule has 0 spiro atoms. The molecule has 0 bridgehead atoms. The fourth-order valence-corrected chi connectivity index (χ4v) is 2.37. The zero-order valence-corrected chi connectivity index (χ0v) is 15.0. The van der Waals surface area contributed by atoms with Crippen LogP contribution in [0.4, 0.5) is 10.5 Å². The molecule has 2 aromatic carbocycles. The van der Waals surface area contributed by atoms with Gasteiger partial charge < -0.3 is 20.1 Å². The van der Waals surface area contributed by atoms with Crippen molar-refractivity contribution in [1.29, 1.82) is 0 Å². The topological polar surface area (TPSA) is 59.6 Å². The first-order chi connectivity index (χ1) is 12.1. The van der Waals surface area contributed by atoms with E-state index in [1.165, 1.54) is 0 Å². The van der Waals surface area contributed by atoms with Crippen molar-refractivity contribution in [2.45, 2.75) is 32.7 Å². The first-order valence-electron chi connectivity index (χ1n) is 8.56. The second-order valence-corrected chi connectivity index (χ2v) is 5.83. The fourth-order valence-electron chi connectivity index (χ4n) is 2.37. The molecule has 2 aromatic rings. The molecule has 2 N–H and O–H groups in total. The Kier molecular flexibility index (Phi) is 7.14. The van der Waals surface area contributed by atoms with Crippen molar-refractivity contribution in [2.24, 2.45) is 0 Å². The third-order valence-corrected chi connectivity index (χ3v) is 3.79. The summed E-state index contributed by atoms with van der Waals surface area (Å²) < 4.78 is 11.0. The molecule has 0 heterocycles. The largest absolute Gasteiger partial charge is 0.497 e. The lowest BCUT2D eigenvalue weighted by atomic mass is 10.1. The highest BCUT2D eigenvalue weighted by atomic mass is 16.5. The summed E-state index contributed by atoms with van der Waals surface area (Å²) in [4.78, 5) is 12.3. The van der Waals surface area contributed by atoms with Gasteiger partial charge in [-0.1, -0.05) is 43.7 Å². The second-order valence-electron chi connectivity index (χ2n) is 5.83. The highest BCUT2D eigenvalue weighted by Crippen LogP contribution is 2.26. The molecule has 25 heavy (non-hydrogen) atoms. The van der Waals surface area contributed by atoms with E-state index in [0.717, 1.165) is 18.4 Å². The van der Waals surface area contributed by atoms with Crippen LogP contribution in [0.25, 0.3) is 0 Å². The van der Waals surface area contributed by atoms with E-state index in [0.29, 0.717) is 23.8 Å². The zero-order valence-electron chi connectivity index (χ0n) is 15.0. The molecule has 0 aliphatic rings. The number of carbonyl (C=O) groups excluding carboxylic acids is 1. The van der Waals surface area contributed by atoms with Crippen LogP contribution in [0.1, 0.15) is 38.3 Å². The number of anilines is 1. The van der Waals surface area contributed by atoms with Gasteiger partial charge in [0.15, 0.2) is 0 Å². The van der Waals surface area contributed by atoms with Gasteiger partial charge >= 0.3 is 6.03 Å². The molecule has 0 saturated heterocycles. The summed E-state index contributed by atoms with van der Waals surface area (Å²) in [6.07, 6.45) is 2.05. The average molecular weight is 342 g/mol. The predicted octanol–water partition coefficient (Wildman–Crippen LogP) is 4.76. The minimum Gasteiger partial charge on any atom is -0.497 e. The summed E-state index contributed by atoms with van der Waals surface area (Å²) in [5.41, 5.74) is 1.68. The lowest BCUT2D eigenvalue weighted by Gasteiger charge is -2.16. The summed E-state index contributed by atoms with van der Waals surface area (Å²) in [5, 5.41) is 5.76. The molecular weight excluding hydrogens is 316 g/mol. The van der Waals surface area contributed by atoms with Crippen molar-refractivity contribution in [3.05, 3.63) is 54.1 Å². The highest BCUT2D eigenvalue weighted by Gasteiger charge is 2.10. The van der Waals surface area contributed by atoms with E-state index in [1.807, 2.05) is 43.3 Å². The van der Waals surface area contributed by atoms with Crippen molar-refractivity contribution in [3.8, 4) is 11.5 Å². The molecule has 2 amide bonds. The molecule has 5 heteroatoms. The van der Waals surface area contributed by atoms with Crippen LogP contribution in [0, 0.1) is 0 Å². The normalized spacial score (nSPS) is 11.5. The van der Waals surface area contributed by atoms with Gasteiger partial charge in [-0.2, -0.15) is 0 Å². The minimum atomic E-state index is -0.274. The predicted molar refractivity (Wildman–Crippen MR) is 100 cm³/mol. The lowest BCUT2D eigenvalue weighted by Crippen LogP contribution is -2.31. The molecule has 2 rings (SSSR count). The average Bonchev–Trinajstić information content (AvgIpc) is 2.62. The van der Waals surface area contributed by atoms with Crippen LogP contribution < -0.4 is 20.1 Å². The van der Waals surface area contributed by atoms with Gasteiger partial charge in [0.2, 0.25) is 0 Å². The number of benzene rings is 2. The molecular formula is C20H26N2O3. The van der Waals surface area contributed by atoms with Gasteiger partial charge in [0.1, 0.15) is 11.5 Å². The molecule has 5 nitrogen and oxygen atoms in total. The molecule has 0 saturated carbocycles. The van der Waals surface area contributed by atoms with Gasteiger partial charge in [-0.3, -0.25) is 0 Å². The third kappa shape index (κ3) is 6.03. The van der Waals surface area contributed by atoms with Gasteiger partial charge in [0.25, 0.3) is 0 Å². The summed E-state index contributed by atoms with van der Waals surface area (Å²) in [6, 6.07) is 14.8. The Hall–Kier alpha value is -2.69. The lowest BCUT2D eigenvalue weighted by molar-refractivity contribution is 0.249. The van der Waals surface area contributed by atoms with Gasteiger partial charge in [0, 0.05) is 23.9 Å². The molecule has 0 radical (unpaired) electrons. The Morgan fingerprint density at radius 3 is 2.52 bits per heavy atom. The number of hydrogen-bond acceptors (Lipinski definition) is 3. The van der Waals surface area contributed by atoms with Gasteiger partial charge in [-0.15, -0.1) is 0 Å².